The molecule has 0 unspecified atom stereocenters. The smallest absolute Gasteiger partial charge is 0.208 e. The lowest BCUT2D eigenvalue weighted by atomic mass is 10.2. The SMILES string of the molecule is C=CCNc1nc(C)cn1-c1cc(C)ccc1F. The minimum atomic E-state index is -0.264. The van der Waals surface area contributed by atoms with E-state index in [0.717, 1.165) is 11.3 Å². The van der Waals surface area contributed by atoms with Crippen LogP contribution >= 0.6 is 0 Å². The molecule has 0 aliphatic carbocycles. The Morgan fingerprint density at radius 1 is 1.44 bits per heavy atom. The molecule has 0 amide bonds. The molecular weight excluding hydrogens is 229 g/mol. The number of hydrogen-bond donors (Lipinski definition) is 1. The lowest BCUT2D eigenvalue weighted by Crippen LogP contribution is -2.07. The van der Waals surface area contributed by atoms with E-state index in [1.165, 1.54) is 6.07 Å². The minimum Gasteiger partial charge on any atom is -0.352 e. The first kappa shape index (κ1) is 12.4. The second-order valence-corrected chi connectivity index (χ2v) is 4.20. The van der Waals surface area contributed by atoms with Crippen LogP contribution < -0.4 is 5.32 Å². The van der Waals surface area contributed by atoms with E-state index in [1.54, 1.807) is 22.8 Å². The van der Waals surface area contributed by atoms with Crippen molar-refractivity contribution in [3.8, 4) is 5.69 Å². The fourth-order valence-electron chi connectivity index (χ4n) is 1.78. The van der Waals surface area contributed by atoms with E-state index in [-0.39, 0.29) is 5.82 Å². The van der Waals surface area contributed by atoms with Crippen LogP contribution in [-0.4, -0.2) is 16.1 Å². The summed E-state index contributed by atoms with van der Waals surface area (Å²) in [6.45, 7) is 8.04. The highest BCUT2D eigenvalue weighted by Gasteiger charge is 2.10. The minimum absolute atomic E-state index is 0.264. The van der Waals surface area contributed by atoms with E-state index in [4.69, 9.17) is 0 Å². The number of benzene rings is 1. The Morgan fingerprint density at radius 2 is 2.22 bits per heavy atom. The molecule has 0 saturated carbocycles. The third kappa shape index (κ3) is 2.42. The lowest BCUT2D eigenvalue weighted by molar-refractivity contribution is 0.618. The van der Waals surface area contributed by atoms with E-state index in [0.29, 0.717) is 18.2 Å². The van der Waals surface area contributed by atoms with E-state index in [9.17, 15) is 4.39 Å². The molecule has 0 atom stereocenters. The van der Waals surface area contributed by atoms with E-state index in [1.807, 2.05) is 20.0 Å². The number of imidazole rings is 1. The van der Waals surface area contributed by atoms with Crippen LogP contribution in [0.15, 0.2) is 37.1 Å². The maximum absolute atomic E-state index is 13.9. The zero-order valence-electron chi connectivity index (χ0n) is 10.6. The molecule has 0 spiro atoms. The van der Waals surface area contributed by atoms with E-state index < -0.39 is 0 Å². The summed E-state index contributed by atoms with van der Waals surface area (Å²) in [5, 5.41) is 3.10. The van der Waals surface area contributed by atoms with Gasteiger partial charge < -0.3 is 5.32 Å². The van der Waals surface area contributed by atoms with E-state index >= 15 is 0 Å². The second-order valence-electron chi connectivity index (χ2n) is 4.20. The van der Waals surface area contributed by atoms with Crippen molar-refractivity contribution in [3.05, 3.63) is 54.1 Å². The lowest BCUT2D eigenvalue weighted by Gasteiger charge is -2.10. The van der Waals surface area contributed by atoms with Gasteiger partial charge in [-0.2, -0.15) is 0 Å². The summed E-state index contributed by atoms with van der Waals surface area (Å²) < 4.78 is 15.6. The number of anilines is 1. The highest BCUT2D eigenvalue weighted by atomic mass is 19.1. The molecular formula is C14H16FN3. The fourth-order valence-corrected chi connectivity index (χ4v) is 1.78. The number of nitrogens with zero attached hydrogens (tertiary/aromatic N) is 2. The van der Waals surface area contributed by atoms with Gasteiger partial charge in [0.25, 0.3) is 0 Å². The van der Waals surface area contributed by atoms with E-state index in [2.05, 4.69) is 16.9 Å². The van der Waals surface area contributed by atoms with Gasteiger partial charge in [0.2, 0.25) is 5.95 Å². The molecule has 18 heavy (non-hydrogen) atoms. The topological polar surface area (TPSA) is 29.9 Å². The number of hydrogen-bond acceptors (Lipinski definition) is 2. The molecule has 1 aromatic carbocycles. The predicted octanol–water partition coefficient (Wildman–Crippen LogP) is 3.23. The Kier molecular flexibility index (Phi) is 3.46. The van der Waals surface area contributed by atoms with Gasteiger partial charge in [-0.25, -0.2) is 9.37 Å². The molecule has 0 radical (unpaired) electrons. The summed E-state index contributed by atoms with van der Waals surface area (Å²) in [5.41, 5.74) is 2.34. The van der Waals surface area contributed by atoms with Crippen molar-refractivity contribution in [2.75, 3.05) is 11.9 Å². The largest absolute Gasteiger partial charge is 0.352 e. The highest BCUT2D eigenvalue weighted by Crippen LogP contribution is 2.20. The van der Waals surface area contributed by atoms with Crippen molar-refractivity contribution >= 4 is 5.95 Å². The number of rotatable bonds is 4. The summed E-state index contributed by atoms with van der Waals surface area (Å²) in [5.74, 6) is 0.358. The first-order valence-electron chi connectivity index (χ1n) is 5.79. The van der Waals surface area contributed by atoms with Gasteiger partial charge in [0, 0.05) is 12.7 Å². The van der Waals surface area contributed by atoms with Crippen LogP contribution in [0, 0.1) is 19.7 Å². The van der Waals surface area contributed by atoms with Crippen LogP contribution in [0.25, 0.3) is 5.69 Å². The van der Waals surface area contributed by atoms with Crippen molar-refractivity contribution in [2.24, 2.45) is 0 Å². The predicted molar refractivity (Wildman–Crippen MR) is 71.7 cm³/mol. The molecule has 4 heteroatoms. The van der Waals surface area contributed by atoms with Gasteiger partial charge in [-0.15, -0.1) is 6.58 Å². The molecule has 2 rings (SSSR count). The molecule has 3 nitrogen and oxygen atoms in total. The Morgan fingerprint density at radius 3 is 2.94 bits per heavy atom. The maximum Gasteiger partial charge on any atom is 0.208 e. The summed E-state index contributed by atoms with van der Waals surface area (Å²) >= 11 is 0. The normalized spacial score (nSPS) is 10.4. The summed E-state index contributed by atoms with van der Waals surface area (Å²) in [6, 6.07) is 5.02. The first-order chi connectivity index (χ1) is 8.61. The fraction of sp³-hybridized carbons (Fsp3) is 0.214. The van der Waals surface area contributed by atoms with Crippen molar-refractivity contribution in [1.82, 2.24) is 9.55 Å². The average Bonchev–Trinajstić information content (AvgIpc) is 2.71. The van der Waals surface area contributed by atoms with Crippen molar-refractivity contribution in [1.29, 1.82) is 0 Å². The van der Waals surface area contributed by atoms with Crippen LogP contribution in [-0.2, 0) is 0 Å². The van der Waals surface area contributed by atoms with Gasteiger partial charge in [0.1, 0.15) is 5.82 Å². The third-order valence-electron chi connectivity index (χ3n) is 2.59. The van der Waals surface area contributed by atoms with Crippen LogP contribution in [0.2, 0.25) is 0 Å². The zero-order valence-corrected chi connectivity index (χ0v) is 10.6. The quantitative estimate of drug-likeness (QED) is 0.838. The molecule has 0 bridgehead atoms. The van der Waals surface area contributed by atoms with Crippen molar-refractivity contribution < 1.29 is 4.39 Å². The molecule has 2 aromatic rings. The van der Waals surface area contributed by atoms with Gasteiger partial charge in [-0.1, -0.05) is 12.1 Å². The average molecular weight is 245 g/mol. The monoisotopic (exact) mass is 245 g/mol. The van der Waals surface area contributed by atoms with Gasteiger partial charge in [0.15, 0.2) is 0 Å². The highest BCUT2D eigenvalue weighted by molar-refractivity contribution is 5.45. The van der Waals surface area contributed by atoms with Crippen LogP contribution in [0.1, 0.15) is 11.3 Å². The molecule has 0 aliphatic heterocycles. The van der Waals surface area contributed by atoms with Crippen LogP contribution in [0.4, 0.5) is 10.3 Å². The molecule has 1 aromatic heterocycles. The van der Waals surface area contributed by atoms with Crippen LogP contribution in [0.3, 0.4) is 0 Å². The van der Waals surface area contributed by atoms with Gasteiger partial charge in [-0.3, -0.25) is 4.57 Å². The molecule has 0 fully saturated rings. The maximum atomic E-state index is 13.9. The summed E-state index contributed by atoms with van der Waals surface area (Å²) in [6.07, 6.45) is 3.55. The summed E-state index contributed by atoms with van der Waals surface area (Å²) in [7, 11) is 0. The molecule has 0 aliphatic rings. The van der Waals surface area contributed by atoms with Gasteiger partial charge >= 0.3 is 0 Å². The standard InChI is InChI=1S/C14H16FN3/c1-4-7-16-14-17-11(3)9-18(14)13-8-10(2)5-6-12(13)15/h4-6,8-9H,1,7H2,2-3H3,(H,16,17). The Bertz CT molecular complexity index is 572. The zero-order chi connectivity index (χ0) is 13.1. The van der Waals surface area contributed by atoms with Crippen LogP contribution in [0.5, 0.6) is 0 Å². The Balaban J connectivity index is 2.48. The molecule has 94 valence electrons. The van der Waals surface area contributed by atoms with Gasteiger partial charge in [0.05, 0.1) is 11.4 Å². The second kappa shape index (κ2) is 5.04. The van der Waals surface area contributed by atoms with Crippen molar-refractivity contribution in [2.45, 2.75) is 13.8 Å². The molecule has 0 saturated heterocycles. The third-order valence-corrected chi connectivity index (χ3v) is 2.59. The molecule has 1 N–H and O–H groups in total. The van der Waals surface area contributed by atoms with Crippen molar-refractivity contribution in [3.63, 3.8) is 0 Å². The number of halogens is 1. The Labute approximate surface area is 106 Å². The van der Waals surface area contributed by atoms with Gasteiger partial charge in [-0.05, 0) is 31.5 Å². The number of aromatic nitrogens is 2. The number of aryl methyl sites for hydroxylation is 2. The summed E-state index contributed by atoms with van der Waals surface area (Å²) in [4.78, 5) is 4.33. The number of nitrogens with one attached hydrogen (secondary N) is 1. The Hall–Kier alpha value is -2.10. The molecule has 1 heterocycles. The first-order valence-corrected chi connectivity index (χ1v) is 5.79.